The summed E-state index contributed by atoms with van der Waals surface area (Å²) in [4.78, 5) is 6.62. The van der Waals surface area contributed by atoms with Gasteiger partial charge in [-0.05, 0) is 31.2 Å². The van der Waals surface area contributed by atoms with Gasteiger partial charge in [-0.1, -0.05) is 36.4 Å². The normalized spacial score (nSPS) is 12.6. The van der Waals surface area contributed by atoms with Crippen LogP contribution in [0.4, 0.5) is 0 Å². The Bertz CT molecular complexity index is 484. The summed E-state index contributed by atoms with van der Waals surface area (Å²) >= 11 is 0. The molecule has 2 aromatic rings. The van der Waals surface area contributed by atoms with Crippen LogP contribution in [-0.4, -0.2) is 36.1 Å². The fourth-order valence-corrected chi connectivity index (χ4v) is 2.32. The zero-order chi connectivity index (χ0) is 14.2. The molecule has 1 aromatic carbocycles. The maximum Gasteiger partial charge on any atom is 0.0416 e. The van der Waals surface area contributed by atoms with Gasteiger partial charge in [-0.15, -0.1) is 0 Å². The lowest BCUT2D eigenvalue weighted by Gasteiger charge is -2.21. The molecule has 3 heteroatoms. The largest absolute Gasteiger partial charge is 0.326 e. The van der Waals surface area contributed by atoms with Gasteiger partial charge < -0.3 is 10.6 Å². The van der Waals surface area contributed by atoms with Crippen molar-refractivity contribution in [3.63, 3.8) is 0 Å². The van der Waals surface area contributed by atoms with Crippen LogP contribution >= 0.6 is 0 Å². The summed E-state index contributed by atoms with van der Waals surface area (Å²) in [6, 6.07) is 16.6. The van der Waals surface area contributed by atoms with E-state index in [-0.39, 0.29) is 6.04 Å². The van der Waals surface area contributed by atoms with E-state index in [2.05, 4.69) is 47.3 Å². The topological polar surface area (TPSA) is 42.2 Å². The van der Waals surface area contributed by atoms with Gasteiger partial charge in [0.05, 0.1) is 0 Å². The molecule has 20 heavy (non-hydrogen) atoms. The Hall–Kier alpha value is -1.71. The molecule has 0 amide bonds. The highest BCUT2D eigenvalue weighted by molar-refractivity contribution is 5.15. The molecule has 0 bridgehead atoms. The molecular formula is C17H23N3. The van der Waals surface area contributed by atoms with Gasteiger partial charge in [-0.3, -0.25) is 4.98 Å². The zero-order valence-electron chi connectivity index (χ0n) is 12.1. The number of aromatic nitrogens is 1. The Morgan fingerprint density at radius 1 is 1.10 bits per heavy atom. The van der Waals surface area contributed by atoms with Gasteiger partial charge >= 0.3 is 0 Å². The summed E-state index contributed by atoms with van der Waals surface area (Å²) in [7, 11) is 2.12. The van der Waals surface area contributed by atoms with Crippen molar-refractivity contribution in [2.75, 3.05) is 20.1 Å². The molecule has 0 radical (unpaired) electrons. The van der Waals surface area contributed by atoms with E-state index in [4.69, 9.17) is 5.73 Å². The Morgan fingerprint density at radius 3 is 2.55 bits per heavy atom. The zero-order valence-corrected chi connectivity index (χ0v) is 12.1. The molecule has 0 saturated heterocycles. The first kappa shape index (κ1) is 14.7. The summed E-state index contributed by atoms with van der Waals surface area (Å²) in [5.74, 6) is 0. The lowest BCUT2D eigenvalue weighted by molar-refractivity contribution is 0.312. The predicted molar refractivity (Wildman–Crippen MR) is 83.6 cm³/mol. The van der Waals surface area contributed by atoms with E-state index in [1.165, 1.54) is 5.56 Å². The molecule has 0 saturated carbocycles. The summed E-state index contributed by atoms with van der Waals surface area (Å²) in [6.45, 7) is 1.89. The van der Waals surface area contributed by atoms with E-state index in [0.29, 0.717) is 0 Å². The molecule has 106 valence electrons. The van der Waals surface area contributed by atoms with Crippen molar-refractivity contribution in [1.29, 1.82) is 0 Å². The molecule has 0 aliphatic heterocycles. The van der Waals surface area contributed by atoms with Crippen LogP contribution in [0.15, 0.2) is 54.7 Å². The van der Waals surface area contributed by atoms with Gasteiger partial charge in [0, 0.05) is 37.4 Å². The Labute approximate surface area is 121 Å². The van der Waals surface area contributed by atoms with Crippen LogP contribution in [0.3, 0.4) is 0 Å². The first-order valence-corrected chi connectivity index (χ1v) is 7.12. The van der Waals surface area contributed by atoms with E-state index in [0.717, 1.165) is 31.6 Å². The molecule has 0 aliphatic rings. The molecule has 3 nitrogen and oxygen atoms in total. The second-order valence-electron chi connectivity index (χ2n) is 5.28. The van der Waals surface area contributed by atoms with Crippen LogP contribution in [0.2, 0.25) is 0 Å². The van der Waals surface area contributed by atoms with E-state index in [9.17, 15) is 0 Å². The third-order valence-electron chi connectivity index (χ3n) is 3.36. The van der Waals surface area contributed by atoms with Crippen LogP contribution < -0.4 is 5.73 Å². The van der Waals surface area contributed by atoms with E-state index in [1.54, 1.807) is 0 Å². The lowest BCUT2D eigenvalue weighted by atomic mass is 10.1. The van der Waals surface area contributed by atoms with Crippen molar-refractivity contribution < 1.29 is 0 Å². The van der Waals surface area contributed by atoms with Crippen LogP contribution in [-0.2, 0) is 12.8 Å². The van der Waals surface area contributed by atoms with Crippen LogP contribution in [0.25, 0.3) is 0 Å². The second kappa shape index (κ2) is 7.78. The molecule has 2 N–H and O–H groups in total. The third kappa shape index (κ3) is 5.11. The van der Waals surface area contributed by atoms with Crippen LogP contribution in [0.5, 0.6) is 0 Å². The molecule has 1 atom stereocenters. The minimum absolute atomic E-state index is 0.172. The molecule has 1 unspecified atom stereocenters. The highest BCUT2D eigenvalue weighted by Gasteiger charge is 2.08. The van der Waals surface area contributed by atoms with Crippen molar-refractivity contribution in [3.05, 3.63) is 66.0 Å². The van der Waals surface area contributed by atoms with Crippen molar-refractivity contribution in [1.82, 2.24) is 9.88 Å². The molecule has 0 aliphatic carbocycles. The summed E-state index contributed by atoms with van der Waals surface area (Å²) in [6.07, 6.45) is 3.74. The van der Waals surface area contributed by atoms with Crippen LogP contribution in [0, 0.1) is 0 Å². The maximum absolute atomic E-state index is 6.22. The first-order chi connectivity index (χ1) is 9.74. The quantitative estimate of drug-likeness (QED) is 0.837. The van der Waals surface area contributed by atoms with Crippen LogP contribution in [0.1, 0.15) is 11.3 Å². The number of hydrogen-bond donors (Lipinski definition) is 1. The third-order valence-corrected chi connectivity index (χ3v) is 3.36. The highest BCUT2D eigenvalue weighted by atomic mass is 15.1. The minimum Gasteiger partial charge on any atom is -0.326 e. The standard InChI is InChI=1S/C17H23N3/c1-20(12-10-17-9-5-6-11-19-17)14-16(18)13-15-7-3-2-4-8-15/h2-9,11,16H,10,12-14,18H2,1H3. The molecule has 1 heterocycles. The number of likely N-dealkylation sites (N-methyl/N-ethyl adjacent to an activating group) is 1. The first-order valence-electron chi connectivity index (χ1n) is 7.12. The van der Waals surface area contributed by atoms with Crippen molar-refractivity contribution >= 4 is 0 Å². The summed E-state index contributed by atoms with van der Waals surface area (Å²) in [5, 5.41) is 0. The van der Waals surface area contributed by atoms with E-state index in [1.807, 2.05) is 24.4 Å². The van der Waals surface area contributed by atoms with E-state index >= 15 is 0 Å². The molecular weight excluding hydrogens is 246 g/mol. The van der Waals surface area contributed by atoms with Crippen molar-refractivity contribution in [2.45, 2.75) is 18.9 Å². The number of benzene rings is 1. The Morgan fingerprint density at radius 2 is 1.85 bits per heavy atom. The fourth-order valence-electron chi connectivity index (χ4n) is 2.32. The SMILES string of the molecule is CN(CCc1ccccn1)CC(N)Cc1ccccc1. The van der Waals surface area contributed by atoms with Crippen molar-refractivity contribution in [2.24, 2.45) is 5.73 Å². The minimum atomic E-state index is 0.172. The molecule has 0 spiro atoms. The average molecular weight is 269 g/mol. The number of nitrogens with two attached hydrogens (primary N) is 1. The fraction of sp³-hybridized carbons (Fsp3) is 0.353. The Kier molecular flexibility index (Phi) is 5.71. The van der Waals surface area contributed by atoms with Gasteiger partial charge in [0.25, 0.3) is 0 Å². The maximum atomic E-state index is 6.22. The molecule has 2 rings (SSSR count). The lowest BCUT2D eigenvalue weighted by Crippen LogP contribution is -2.37. The van der Waals surface area contributed by atoms with Gasteiger partial charge in [0.2, 0.25) is 0 Å². The highest BCUT2D eigenvalue weighted by Crippen LogP contribution is 2.03. The van der Waals surface area contributed by atoms with Gasteiger partial charge in [-0.2, -0.15) is 0 Å². The number of hydrogen-bond acceptors (Lipinski definition) is 3. The number of rotatable bonds is 7. The molecule has 1 aromatic heterocycles. The monoisotopic (exact) mass is 269 g/mol. The number of nitrogens with zero attached hydrogens (tertiary/aromatic N) is 2. The average Bonchev–Trinajstić information content (AvgIpc) is 2.47. The summed E-state index contributed by atoms with van der Waals surface area (Å²) < 4.78 is 0. The van der Waals surface area contributed by atoms with E-state index < -0.39 is 0 Å². The summed E-state index contributed by atoms with van der Waals surface area (Å²) in [5.41, 5.74) is 8.66. The molecule has 0 fully saturated rings. The number of pyridine rings is 1. The van der Waals surface area contributed by atoms with Gasteiger partial charge in [0.15, 0.2) is 0 Å². The second-order valence-corrected chi connectivity index (χ2v) is 5.28. The Balaban J connectivity index is 1.72. The van der Waals surface area contributed by atoms with Gasteiger partial charge in [-0.25, -0.2) is 0 Å². The van der Waals surface area contributed by atoms with Crippen molar-refractivity contribution in [3.8, 4) is 0 Å². The van der Waals surface area contributed by atoms with Gasteiger partial charge in [0.1, 0.15) is 0 Å². The smallest absolute Gasteiger partial charge is 0.0416 e. The predicted octanol–water partition coefficient (Wildman–Crippen LogP) is 2.13.